The van der Waals surface area contributed by atoms with Crippen LogP contribution in [0.15, 0.2) is 48.5 Å². The summed E-state index contributed by atoms with van der Waals surface area (Å²) in [4.78, 5) is 27.8. The predicted molar refractivity (Wildman–Crippen MR) is 102 cm³/mol. The summed E-state index contributed by atoms with van der Waals surface area (Å²) < 4.78 is 5.57. The second-order valence-corrected chi connectivity index (χ2v) is 6.58. The van der Waals surface area contributed by atoms with Gasteiger partial charge in [-0.15, -0.1) is 0 Å². The quantitative estimate of drug-likeness (QED) is 0.777. The zero-order chi connectivity index (χ0) is 18.5. The molecule has 1 aliphatic rings. The normalized spacial score (nSPS) is 14.2. The van der Waals surface area contributed by atoms with Crippen molar-refractivity contribution in [2.45, 2.75) is 13.8 Å². The van der Waals surface area contributed by atoms with Crippen LogP contribution in [0.3, 0.4) is 0 Å². The Kier molecular flexibility index (Phi) is 5.56. The van der Waals surface area contributed by atoms with E-state index >= 15 is 0 Å². The molecule has 5 nitrogen and oxygen atoms in total. The zero-order valence-corrected chi connectivity index (χ0v) is 15.3. The van der Waals surface area contributed by atoms with Crippen molar-refractivity contribution in [1.29, 1.82) is 0 Å². The molecule has 0 aromatic heterocycles. The summed E-state index contributed by atoms with van der Waals surface area (Å²) in [5, 5.41) is 0. The number of aryl methyl sites for hydroxylation is 1. The third kappa shape index (κ3) is 4.42. The van der Waals surface area contributed by atoms with E-state index in [4.69, 9.17) is 4.74 Å². The Hall–Kier alpha value is -2.82. The molecule has 1 aliphatic heterocycles. The van der Waals surface area contributed by atoms with E-state index in [9.17, 15) is 9.59 Å². The Labute approximate surface area is 154 Å². The molecule has 26 heavy (non-hydrogen) atoms. The summed E-state index contributed by atoms with van der Waals surface area (Å²) in [5.74, 6) is 0.602. The highest BCUT2D eigenvalue weighted by molar-refractivity contribution is 5.94. The molecule has 1 heterocycles. The molecule has 1 amide bonds. The number of anilines is 1. The van der Waals surface area contributed by atoms with Crippen LogP contribution >= 0.6 is 0 Å². The Morgan fingerprint density at radius 1 is 1.00 bits per heavy atom. The van der Waals surface area contributed by atoms with E-state index in [-0.39, 0.29) is 18.3 Å². The lowest BCUT2D eigenvalue weighted by atomic mass is 10.1. The van der Waals surface area contributed by atoms with Crippen molar-refractivity contribution in [3.8, 4) is 5.75 Å². The first-order valence-corrected chi connectivity index (χ1v) is 8.86. The Bertz CT molecular complexity index is 778. The first-order valence-electron chi connectivity index (χ1n) is 8.86. The average molecular weight is 352 g/mol. The maximum Gasteiger partial charge on any atom is 0.260 e. The standard InChI is InChI=1S/C21H24N2O3/c1-16-4-3-5-19(14-16)22-10-12-23(13-11-22)21(25)15-26-20-8-6-18(7-9-20)17(2)24/h3-9,14H,10-13,15H2,1-2H3. The van der Waals surface area contributed by atoms with Crippen molar-refractivity contribution in [1.82, 2.24) is 4.90 Å². The van der Waals surface area contributed by atoms with E-state index in [0.29, 0.717) is 24.4 Å². The van der Waals surface area contributed by atoms with Crippen molar-refractivity contribution >= 4 is 17.4 Å². The van der Waals surface area contributed by atoms with E-state index in [2.05, 4.69) is 36.1 Å². The van der Waals surface area contributed by atoms with E-state index in [0.717, 1.165) is 13.1 Å². The molecular formula is C21H24N2O3. The molecular weight excluding hydrogens is 328 g/mol. The van der Waals surface area contributed by atoms with Gasteiger partial charge in [0, 0.05) is 37.4 Å². The summed E-state index contributed by atoms with van der Waals surface area (Å²) in [6.45, 7) is 6.66. The zero-order valence-electron chi connectivity index (χ0n) is 15.3. The molecule has 0 unspecified atom stereocenters. The van der Waals surface area contributed by atoms with Crippen LogP contribution < -0.4 is 9.64 Å². The smallest absolute Gasteiger partial charge is 0.260 e. The van der Waals surface area contributed by atoms with Crippen molar-refractivity contribution in [3.05, 3.63) is 59.7 Å². The number of rotatable bonds is 5. The van der Waals surface area contributed by atoms with Gasteiger partial charge in [-0.3, -0.25) is 9.59 Å². The van der Waals surface area contributed by atoms with Gasteiger partial charge in [0.25, 0.3) is 5.91 Å². The lowest BCUT2D eigenvalue weighted by molar-refractivity contribution is -0.133. The SMILES string of the molecule is CC(=O)c1ccc(OCC(=O)N2CCN(c3cccc(C)c3)CC2)cc1. The number of benzene rings is 2. The Morgan fingerprint density at radius 2 is 1.69 bits per heavy atom. The molecule has 0 aliphatic carbocycles. The fraction of sp³-hybridized carbons (Fsp3) is 0.333. The molecule has 0 N–H and O–H groups in total. The highest BCUT2D eigenvalue weighted by Crippen LogP contribution is 2.18. The number of hydrogen-bond acceptors (Lipinski definition) is 4. The van der Waals surface area contributed by atoms with Gasteiger partial charge in [0.1, 0.15) is 5.75 Å². The van der Waals surface area contributed by atoms with Gasteiger partial charge in [0.15, 0.2) is 12.4 Å². The summed E-state index contributed by atoms with van der Waals surface area (Å²) >= 11 is 0. The third-order valence-electron chi connectivity index (χ3n) is 4.62. The minimum absolute atomic E-state index is 0.00969. The molecule has 0 saturated carbocycles. The van der Waals surface area contributed by atoms with Crippen LogP contribution in [0.2, 0.25) is 0 Å². The van der Waals surface area contributed by atoms with Crippen molar-refractivity contribution in [2.24, 2.45) is 0 Å². The lowest BCUT2D eigenvalue weighted by Gasteiger charge is -2.36. The van der Waals surface area contributed by atoms with Crippen LogP contribution in [0.1, 0.15) is 22.8 Å². The predicted octanol–water partition coefficient (Wildman–Crippen LogP) is 2.93. The number of Topliss-reactive ketones (excluding diaryl/α,β-unsaturated/α-hetero) is 1. The van der Waals surface area contributed by atoms with E-state index < -0.39 is 0 Å². The van der Waals surface area contributed by atoms with E-state index in [1.165, 1.54) is 18.2 Å². The number of hydrogen-bond donors (Lipinski definition) is 0. The summed E-state index contributed by atoms with van der Waals surface area (Å²) in [6.07, 6.45) is 0. The summed E-state index contributed by atoms with van der Waals surface area (Å²) in [5.41, 5.74) is 3.08. The summed E-state index contributed by atoms with van der Waals surface area (Å²) in [7, 11) is 0. The van der Waals surface area contributed by atoms with Gasteiger partial charge in [-0.05, 0) is 55.8 Å². The van der Waals surface area contributed by atoms with Crippen LogP contribution in [0.25, 0.3) is 0 Å². The number of carbonyl (C=O) groups excluding carboxylic acids is 2. The first kappa shape index (κ1) is 18.0. The fourth-order valence-corrected chi connectivity index (χ4v) is 3.06. The van der Waals surface area contributed by atoms with Gasteiger partial charge in [-0.2, -0.15) is 0 Å². The molecule has 0 bridgehead atoms. The van der Waals surface area contributed by atoms with Crippen molar-refractivity contribution in [2.75, 3.05) is 37.7 Å². The maximum absolute atomic E-state index is 12.4. The third-order valence-corrected chi connectivity index (χ3v) is 4.62. The highest BCUT2D eigenvalue weighted by Gasteiger charge is 2.21. The highest BCUT2D eigenvalue weighted by atomic mass is 16.5. The molecule has 136 valence electrons. The van der Waals surface area contributed by atoms with Gasteiger partial charge in [0.2, 0.25) is 0 Å². The first-order chi connectivity index (χ1) is 12.5. The molecule has 1 saturated heterocycles. The van der Waals surface area contributed by atoms with Crippen LogP contribution in [0, 0.1) is 6.92 Å². The number of ether oxygens (including phenoxy) is 1. The van der Waals surface area contributed by atoms with Crippen LogP contribution in [-0.2, 0) is 4.79 Å². The van der Waals surface area contributed by atoms with E-state index in [1.54, 1.807) is 24.3 Å². The number of nitrogens with zero attached hydrogens (tertiary/aromatic N) is 2. The van der Waals surface area contributed by atoms with Gasteiger partial charge in [0.05, 0.1) is 0 Å². The van der Waals surface area contributed by atoms with Gasteiger partial charge in [-0.25, -0.2) is 0 Å². The Balaban J connectivity index is 1.48. The lowest BCUT2D eigenvalue weighted by Crippen LogP contribution is -2.50. The average Bonchev–Trinajstić information content (AvgIpc) is 2.66. The summed E-state index contributed by atoms with van der Waals surface area (Å²) in [6, 6.07) is 15.3. The second-order valence-electron chi connectivity index (χ2n) is 6.58. The van der Waals surface area contributed by atoms with E-state index in [1.807, 2.05) is 4.90 Å². The number of amides is 1. The monoisotopic (exact) mass is 352 g/mol. The molecule has 2 aromatic rings. The van der Waals surface area contributed by atoms with Gasteiger partial charge in [-0.1, -0.05) is 12.1 Å². The minimum Gasteiger partial charge on any atom is -0.484 e. The van der Waals surface area contributed by atoms with Crippen LogP contribution in [0.5, 0.6) is 5.75 Å². The number of piperazine rings is 1. The molecule has 0 radical (unpaired) electrons. The van der Waals surface area contributed by atoms with Gasteiger partial charge >= 0.3 is 0 Å². The van der Waals surface area contributed by atoms with Crippen LogP contribution in [0.4, 0.5) is 5.69 Å². The Morgan fingerprint density at radius 3 is 2.31 bits per heavy atom. The fourth-order valence-electron chi connectivity index (χ4n) is 3.06. The van der Waals surface area contributed by atoms with Crippen molar-refractivity contribution in [3.63, 3.8) is 0 Å². The molecule has 2 aromatic carbocycles. The molecule has 1 fully saturated rings. The minimum atomic E-state index is -0.00969. The topological polar surface area (TPSA) is 49.9 Å². The molecule has 0 atom stereocenters. The number of carbonyl (C=O) groups is 2. The maximum atomic E-state index is 12.4. The molecule has 5 heteroatoms. The van der Waals surface area contributed by atoms with Crippen molar-refractivity contribution < 1.29 is 14.3 Å². The molecule has 3 rings (SSSR count). The largest absolute Gasteiger partial charge is 0.484 e. The van der Waals surface area contributed by atoms with Gasteiger partial charge < -0.3 is 14.5 Å². The number of ketones is 1. The molecule has 0 spiro atoms. The second kappa shape index (κ2) is 8.04. The van der Waals surface area contributed by atoms with Crippen LogP contribution in [-0.4, -0.2) is 49.4 Å².